The molecule has 4 fully saturated rings. The van der Waals surface area contributed by atoms with Crippen LogP contribution in [0, 0.1) is 17.3 Å². The molecule has 0 amide bonds. The van der Waals surface area contributed by atoms with Crippen molar-refractivity contribution >= 4 is 15.9 Å². The van der Waals surface area contributed by atoms with Gasteiger partial charge in [0.25, 0.3) is 0 Å². The molecule has 1 heterocycles. The van der Waals surface area contributed by atoms with E-state index in [2.05, 4.69) is 39.4 Å². The molecule has 2 unspecified atom stereocenters. The molecule has 0 aromatic carbocycles. The van der Waals surface area contributed by atoms with Crippen LogP contribution in [0.3, 0.4) is 0 Å². The van der Waals surface area contributed by atoms with Crippen molar-refractivity contribution in [2.75, 3.05) is 0 Å². The summed E-state index contributed by atoms with van der Waals surface area (Å²) in [7, 11) is 0. The topological polar surface area (TPSA) is 30.7 Å². The highest BCUT2D eigenvalue weighted by Gasteiger charge is 2.58. The Hall–Kier alpha value is -0.380. The summed E-state index contributed by atoms with van der Waals surface area (Å²) in [6.07, 6.45) is 9.62. The Bertz CT molecular complexity index is 536. The SMILES string of the molecule is CCCn1c(CBr)nnc1C12CC3CC(CC(C)(C3)C1)C2. The zero-order valence-corrected chi connectivity index (χ0v) is 14.8. The van der Waals surface area contributed by atoms with Gasteiger partial charge in [0.15, 0.2) is 0 Å². The summed E-state index contributed by atoms with van der Waals surface area (Å²) in [5, 5.41) is 10.0. The Labute approximate surface area is 136 Å². The van der Waals surface area contributed by atoms with E-state index in [1.807, 2.05) is 0 Å². The van der Waals surface area contributed by atoms with Crippen molar-refractivity contribution in [2.24, 2.45) is 17.3 Å². The number of nitrogens with zero attached hydrogens (tertiary/aromatic N) is 3. The summed E-state index contributed by atoms with van der Waals surface area (Å²) in [4.78, 5) is 0. The van der Waals surface area contributed by atoms with Crippen LogP contribution in [0.2, 0.25) is 0 Å². The van der Waals surface area contributed by atoms with Gasteiger partial charge in [0.1, 0.15) is 11.6 Å². The van der Waals surface area contributed by atoms with E-state index in [1.54, 1.807) is 0 Å². The number of hydrogen-bond acceptors (Lipinski definition) is 2. The molecule has 1 aromatic rings. The summed E-state index contributed by atoms with van der Waals surface area (Å²) in [6, 6.07) is 0. The summed E-state index contributed by atoms with van der Waals surface area (Å²) in [6.45, 7) is 5.85. The Balaban J connectivity index is 1.77. The minimum Gasteiger partial charge on any atom is -0.314 e. The van der Waals surface area contributed by atoms with E-state index in [0.29, 0.717) is 10.8 Å². The smallest absolute Gasteiger partial charge is 0.143 e. The third-order valence-corrected chi connectivity index (χ3v) is 6.72. The summed E-state index contributed by atoms with van der Waals surface area (Å²) in [5.41, 5.74) is 0.906. The second-order valence-corrected chi connectivity index (χ2v) is 8.84. The van der Waals surface area contributed by atoms with Gasteiger partial charge in [-0.15, -0.1) is 10.2 Å². The van der Waals surface area contributed by atoms with Crippen molar-refractivity contribution in [3.63, 3.8) is 0 Å². The molecule has 4 bridgehead atoms. The lowest BCUT2D eigenvalue weighted by atomic mass is 9.44. The molecule has 0 spiro atoms. The second-order valence-electron chi connectivity index (χ2n) is 8.28. The summed E-state index contributed by atoms with van der Waals surface area (Å²) >= 11 is 3.59. The lowest BCUT2D eigenvalue weighted by molar-refractivity contribution is -0.0661. The third kappa shape index (κ3) is 2.12. The summed E-state index contributed by atoms with van der Waals surface area (Å²) in [5.74, 6) is 4.32. The van der Waals surface area contributed by atoms with E-state index < -0.39 is 0 Å². The molecule has 0 N–H and O–H groups in total. The number of halogens is 1. The minimum atomic E-state index is 0.335. The predicted molar refractivity (Wildman–Crippen MR) is 87.4 cm³/mol. The predicted octanol–water partition coefficient (Wildman–Crippen LogP) is 4.44. The number of hydrogen-bond donors (Lipinski definition) is 0. The molecule has 4 aliphatic rings. The van der Waals surface area contributed by atoms with Gasteiger partial charge >= 0.3 is 0 Å². The lowest BCUT2D eigenvalue weighted by Gasteiger charge is -2.60. The van der Waals surface area contributed by atoms with Gasteiger partial charge in [-0.25, -0.2) is 0 Å². The zero-order valence-electron chi connectivity index (χ0n) is 13.2. The van der Waals surface area contributed by atoms with Crippen LogP contribution < -0.4 is 0 Å². The van der Waals surface area contributed by atoms with Gasteiger partial charge < -0.3 is 4.57 Å². The zero-order chi connectivity index (χ0) is 14.7. The molecule has 2 atom stereocenters. The van der Waals surface area contributed by atoms with Gasteiger partial charge in [0.2, 0.25) is 0 Å². The molecule has 21 heavy (non-hydrogen) atoms. The number of rotatable bonds is 4. The van der Waals surface area contributed by atoms with E-state index >= 15 is 0 Å². The van der Waals surface area contributed by atoms with E-state index in [4.69, 9.17) is 5.10 Å². The maximum Gasteiger partial charge on any atom is 0.143 e. The Morgan fingerprint density at radius 2 is 1.90 bits per heavy atom. The van der Waals surface area contributed by atoms with Crippen LogP contribution in [0.4, 0.5) is 0 Å². The fraction of sp³-hybridized carbons (Fsp3) is 0.882. The standard InChI is InChI=1S/C17H26BrN3/c1-3-4-21-14(10-18)19-20-15(21)17-8-12-5-13(9-17)7-16(2,6-12)11-17/h12-13H,3-11H2,1-2H3. The molecule has 4 aliphatic carbocycles. The maximum absolute atomic E-state index is 4.71. The van der Waals surface area contributed by atoms with Crippen LogP contribution in [0.1, 0.15) is 70.4 Å². The highest BCUT2D eigenvalue weighted by atomic mass is 79.9. The maximum atomic E-state index is 4.71. The van der Waals surface area contributed by atoms with E-state index in [1.165, 1.54) is 44.3 Å². The second kappa shape index (κ2) is 4.81. The average molecular weight is 352 g/mol. The Kier molecular flexibility index (Phi) is 3.26. The first-order valence-electron chi connectivity index (χ1n) is 8.56. The molecule has 4 saturated carbocycles. The first-order valence-corrected chi connectivity index (χ1v) is 9.68. The first-order chi connectivity index (χ1) is 10.1. The van der Waals surface area contributed by atoms with Gasteiger partial charge in [0.05, 0.1) is 5.33 Å². The van der Waals surface area contributed by atoms with E-state index in [0.717, 1.165) is 36.0 Å². The Morgan fingerprint density at radius 1 is 1.19 bits per heavy atom. The molecular weight excluding hydrogens is 326 g/mol. The quantitative estimate of drug-likeness (QED) is 0.750. The third-order valence-electron chi connectivity index (χ3n) is 6.22. The highest BCUT2D eigenvalue weighted by Crippen LogP contribution is 2.65. The first kappa shape index (κ1) is 14.2. The van der Waals surface area contributed by atoms with Crippen molar-refractivity contribution < 1.29 is 0 Å². The lowest BCUT2D eigenvalue weighted by Crippen LogP contribution is -2.53. The molecule has 4 heteroatoms. The van der Waals surface area contributed by atoms with Gasteiger partial charge in [-0.05, 0) is 62.2 Å². The van der Waals surface area contributed by atoms with Crippen LogP contribution in [0.5, 0.6) is 0 Å². The van der Waals surface area contributed by atoms with Crippen molar-refractivity contribution in [3.05, 3.63) is 11.6 Å². The molecule has 0 radical (unpaired) electrons. The van der Waals surface area contributed by atoms with Crippen molar-refractivity contribution in [1.82, 2.24) is 14.8 Å². The van der Waals surface area contributed by atoms with Crippen LogP contribution in [-0.2, 0) is 17.3 Å². The number of aromatic nitrogens is 3. The van der Waals surface area contributed by atoms with Crippen LogP contribution in [0.15, 0.2) is 0 Å². The van der Waals surface area contributed by atoms with E-state index in [-0.39, 0.29) is 0 Å². The van der Waals surface area contributed by atoms with Gasteiger partial charge in [-0.2, -0.15) is 0 Å². The summed E-state index contributed by atoms with van der Waals surface area (Å²) < 4.78 is 2.44. The number of alkyl halides is 1. The fourth-order valence-corrected chi connectivity index (χ4v) is 6.68. The van der Waals surface area contributed by atoms with Crippen LogP contribution in [-0.4, -0.2) is 14.8 Å². The van der Waals surface area contributed by atoms with Crippen molar-refractivity contribution in [1.29, 1.82) is 0 Å². The molecular formula is C17H26BrN3. The normalized spacial score (nSPS) is 40.9. The van der Waals surface area contributed by atoms with Gasteiger partial charge in [-0.3, -0.25) is 0 Å². The van der Waals surface area contributed by atoms with Gasteiger partial charge in [-0.1, -0.05) is 29.8 Å². The monoisotopic (exact) mass is 351 g/mol. The highest BCUT2D eigenvalue weighted by molar-refractivity contribution is 9.08. The fourth-order valence-electron chi connectivity index (χ4n) is 6.27. The van der Waals surface area contributed by atoms with Crippen LogP contribution >= 0.6 is 15.9 Å². The molecule has 0 saturated heterocycles. The molecule has 3 nitrogen and oxygen atoms in total. The average Bonchev–Trinajstić information content (AvgIpc) is 2.80. The largest absolute Gasteiger partial charge is 0.314 e. The molecule has 0 aliphatic heterocycles. The molecule has 116 valence electrons. The molecule has 1 aromatic heterocycles. The molecule has 5 rings (SSSR count). The van der Waals surface area contributed by atoms with Crippen molar-refractivity contribution in [3.8, 4) is 0 Å². The van der Waals surface area contributed by atoms with E-state index in [9.17, 15) is 0 Å². The van der Waals surface area contributed by atoms with Crippen molar-refractivity contribution in [2.45, 2.75) is 76.1 Å². The van der Waals surface area contributed by atoms with Crippen LogP contribution in [0.25, 0.3) is 0 Å². The minimum absolute atomic E-state index is 0.335. The van der Waals surface area contributed by atoms with Gasteiger partial charge in [0, 0.05) is 12.0 Å². The Morgan fingerprint density at radius 3 is 2.48 bits per heavy atom.